The average molecular weight is 326 g/mol. The van der Waals surface area contributed by atoms with E-state index in [1.54, 1.807) is 38.4 Å². The number of carbonyl (C=O) groups excluding carboxylic acids is 2. The van der Waals surface area contributed by atoms with E-state index in [0.717, 1.165) is 6.42 Å². The fraction of sp³-hybridized carbons (Fsp3) is 0.263. The second-order valence-electron chi connectivity index (χ2n) is 5.58. The molecule has 0 saturated heterocycles. The molecular formula is C19H22N2O3. The van der Waals surface area contributed by atoms with Gasteiger partial charge in [-0.15, -0.1) is 0 Å². The van der Waals surface area contributed by atoms with Crippen molar-refractivity contribution >= 4 is 17.5 Å². The number of hydrogen-bond donors (Lipinski definition) is 1. The van der Waals surface area contributed by atoms with Crippen LogP contribution in [0.15, 0.2) is 48.5 Å². The predicted octanol–water partition coefficient (Wildman–Crippen LogP) is 2.97. The molecule has 0 heterocycles. The summed E-state index contributed by atoms with van der Waals surface area (Å²) < 4.78 is 5.48. The van der Waals surface area contributed by atoms with Crippen LogP contribution >= 0.6 is 0 Å². The summed E-state index contributed by atoms with van der Waals surface area (Å²) in [5.74, 6) is 0.163. The van der Waals surface area contributed by atoms with E-state index >= 15 is 0 Å². The molecule has 2 aromatic carbocycles. The number of nitrogens with zero attached hydrogens (tertiary/aromatic N) is 1. The third-order valence-corrected chi connectivity index (χ3v) is 3.54. The lowest BCUT2D eigenvalue weighted by Gasteiger charge is -2.15. The molecule has 0 saturated carbocycles. The molecule has 1 N–H and O–H groups in total. The molecule has 0 atom stereocenters. The van der Waals surface area contributed by atoms with E-state index in [1.807, 2.05) is 24.3 Å². The second-order valence-corrected chi connectivity index (χ2v) is 5.58. The number of ether oxygens (including phenoxy) is 1. The van der Waals surface area contributed by atoms with Crippen molar-refractivity contribution in [3.8, 4) is 5.75 Å². The van der Waals surface area contributed by atoms with Crippen LogP contribution in [-0.4, -0.2) is 37.4 Å². The average Bonchev–Trinajstić information content (AvgIpc) is 2.60. The van der Waals surface area contributed by atoms with E-state index in [1.165, 1.54) is 10.5 Å². The van der Waals surface area contributed by atoms with Crippen LogP contribution in [0.25, 0.3) is 0 Å². The number of aryl methyl sites for hydroxylation is 1. The van der Waals surface area contributed by atoms with E-state index < -0.39 is 0 Å². The van der Waals surface area contributed by atoms with Crippen LogP contribution < -0.4 is 10.1 Å². The minimum absolute atomic E-state index is 0.115. The van der Waals surface area contributed by atoms with Gasteiger partial charge in [0.25, 0.3) is 11.8 Å². The number of benzene rings is 2. The highest BCUT2D eigenvalue weighted by molar-refractivity contribution is 6.03. The van der Waals surface area contributed by atoms with Gasteiger partial charge < -0.3 is 15.0 Å². The van der Waals surface area contributed by atoms with E-state index in [-0.39, 0.29) is 18.4 Å². The predicted molar refractivity (Wildman–Crippen MR) is 94.4 cm³/mol. The maximum Gasteiger partial charge on any atom is 0.262 e. The zero-order valence-corrected chi connectivity index (χ0v) is 14.2. The van der Waals surface area contributed by atoms with Gasteiger partial charge in [-0.2, -0.15) is 0 Å². The fourth-order valence-corrected chi connectivity index (χ4v) is 2.18. The number of anilines is 1. The van der Waals surface area contributed by atoms with E-state index in [2.05, 4.69) is 12.2 Å². The quantitative estimate of drug-likeness (QED) is 0.888. The Morgan fingerprint density at radius 3 is 2.33 bits per heavy atom. The van der Waals surface area contributed by atoms with Gasteiger partial charge in [0.15, 0.2) is 6.61 Å². The van der Waals surface area contributed by atoms with Gasteiger partial charge >= 0.3 is 0 Å². The molecule has 0 aliphatic carbocycles. The van der Waals surface area contributed by atoms with E-state index in [4.69, 9.17) is 4.74 Å². The summed E-state index contributed by atoms with van der Waals surface area (Å²) in [4.78, 5) is 25.7. The number of rotatable bonds is 6. The Hall–Kier alpha value is -2.82. The number of amides is 2. The molecule has 24 heavy (non-hydrogen) atoms. The summed E-state index contributed by atoms with van der Waals surface area (Å²) >= 11 is 0. The number of nitrogens with one attached hydrogen (secondary N) is 1. The Bertz CT molecular complexity index is 709. The third kappa shape index (κ3) is 4.59. The van der Waals surface area contributed by atoms with Gasteiger partial charge in [-0.3, -0.25) is 9.59 Å². The van der Waals surface area contributed by atoms with Crippen LogP contribution in [0.3, 0.4) is 0 Å². The van der Waals surface area contributed by atoms with Crippen molar-refractivity contribution in [2.24, 2.45) is 0 Å². The molecule has 0 spiro atoms. The first-order valence-electron chi connectivity index (χ1n) is 7.83. The number of carbonyl (C=O) groups is 2. The minimum Gasteiger partial charge on any atom is -0.484 e. The topological polar surface area (TPSA) is 58.6 Å². The summed E-state index contributed by atoms with van der Waals surface area (Å²) in [7, 11) is 3.34. The third-order valence-electron chi connectivity index (χ3n) is 3.54. The van der Waals surface area contributed by atoms with Crippen LogP contribution in [0.5, 0.6) is 5.75 Å². The van der Waals surface area contributed by atoms with Crippen LogP contribution in [0.2, 0.25) is 0 Å². The zero-order chi connectivity index (χ0) is 17.5. The van der Waals surface area contributed by atoms with Crippen molar-refractivity contribution in [3.63, 3.8) is 0 Å². The minimum atomic E-state index is -0.312. The van der Waals surface area contributed by atoms with Gasteiger partial charge in [0, 0.05) is 14.1 Å². The molecule has 0 aromatic heterocycles. The highest BCUT2D eigenvalue weighted by Gasteiger charge is 2.14. The van der Waals surface area contributed by atoms with Gasteiger partial charge in [-0.1, -0.05) is 31.2 Å². The number of hydrogen-bond acceptors (Lipinski definition) is 3. The van der Waals surface area contributed by atoms with Gasteiger partial charge in [0.05, 0.1) is 11.3 Å². The largest absolute Gasteiger partial charge is 0.484 e. The Labute approximate surface area is 142 Å². The lowest BCUT2D eigenvalue weighted by atomic mass is 10.1. The van der Waals surface area contributed by atoms with Crippen LogP contribution in [0, 0.1) is 0 Å². The highest BCUT2D eigenvalue weighted by atomic mass is 16.5. The molecule has 2 amide bonds. The van der Waals surface area contributed by atoms with E-state index in [0.29, 0.717) is 17.0 Å². The number of para-hydroxylation sites is 1. The Morgan fingerprint density at radius 1 is 1.04 bits per heavy atom. The molecule has 126 valence electrons. The van der Waals surface area contributed by atoms with E-state index in [9.17, 15) is 9.59 Å². The van der Waals surface area contributed by atoms with Gasteiger partial charge in [0.1, 0.15) is 5.75 Å². The van der Waals surface area contributed by atoms with Crippen molar-refractivity contribution in [3.05, 3.63) is 59.7 Å². The standard InChI is InChI=1S/C19H22N2O3/c1-4-14-9-11-15(12-10-14)24-13-18(22)20-17-8-6-5-7-16(17)19(23)21(2)3/h5-12H,4,13H2,1-3H3,(H,20,22). The Morgan fingerprint density at radius 2 is 1.71 bits per heavy atom. The smallest absolute Gasteiger partial charge is 0.262 e. The summed E-state index contributed by atoms with van der Waals surface area (Å²) in [6.07, 6.45) is 0.956. The molecule has 0 radical (unpaired) electrons. The maximum atomic E-state index is 12.1. The summed E-state index contributed by atoms with van der Waals surface area (Å²) in [6.45, 7) is 1.96. The second kappa shape index (κ2) is 8.15. The van der Waals surface area contributed by atoms with Crippen molar-refractivity contribution in [1.82, 2.24) is 4.90 Å². The van der Waals surface area contributed by atoms with Crippen LogP contribution in [0.1, 0.15) is 22.8 Å². The van der Waals surface area contributed by atoms with Crippen LogP contribution in [-0.2, 0) is 11.2 Å². The molecule has 2 aromatic rings. The highest BCUT2D eigenvalue weighted by Crippen LogP contribution is 2.17. The maximum absolute atomic E-state index is 12.1. The molecular weight excluding hydrogens is 304 g/mol. The van der Waals surface area contributed by atoms with Gasteiger partial charge in [-0.05, 0) is 36.2 Å². The fourth-order valence-electron chi connectivity index (χ4n) is 2.18. The first kappa shape index (κ1) is 17.5. The summed E-state index contributed by atoms with van der Waals surface area (Å²) in [5.41, 5.74) is 2.14. The lowest BCUT2D eigenvalue weighted by molar-refractivity contribution is -0.118. The SMILES string of the molecule is CCc1ccc(OCC(=O)Nc2ccccc2C(=O)N(C)C)cc1. The lowest BCUT2D eigenvalue weighted by Crippen LogP contribution is -2.25. The molecule has 2 rings (SSSR count). The molecule has 0 unspecified atom stereocenters. The normalized spacial score (nSPS) is 10.1. The molecule has 0 aliphatic rings. The molecule has 0 aliphatic heterocycles. The van der Waals surface area contributed by atoms with Crippen molar-refractivity contribution < 1.29 is 14.3 Å². The molecule has 0 fully saturated rings. The Kier molecular flexibility index (Phi) is 5.95. The first-order chi connectivity index (χ1) is 11.5. The molecule has 5 nitrogen and oxygen atoms in total. The molecule has 0 bridgehead atoms. The van der Waals surface area contributed by atoms with Crippen molar-refractivity contribution in [2.45, 2.75) is 13.3 Å². The Balaban J connectivity index is 1.98. The van der Waals surface area contributed by atoms with Crippen molar-refractivity contribution in [1.29, 1.82) is 0 Å². The molecule has 5 heteroatoms. The monoisotopic (exact) mass is 326 g/mol. The first-order valence-corrected chi connectivity index (χ1v) is 7.83. The van der Waals surface area contributed by atoms with Crippen molar-refractivity contribution in [2.75, 3.05) is 26.0 Å². The van der Waals surface area contributed by atoms with Crippen LogP contribution in [0.4, 0.5) is 5.69 Å². The van der Waals surface area contributed by atoms with Gasteiger partial charge in [0.2, 0.25) is 0 Å². The zero-order valence-electron chi connectivity index (χ0n) is 14.2. The summed E-state index contributed by atoms with van der Waals surface area (Å²) in [5, 5.41) is 2.73. The van der Waals surface area contributed by atoms with Gasteiger partial charge in [-0.25, -0.2) is 0 Å². The summed E-state index contributed by atoms with van der Waals surface area (Å²) in [6, 6.07) is 14.5.